The Balaban J connectivity index is 1.82. The van der Waals surface area contributed by atoms with Crippen LogP contribution in [0, 0.1) is 5.82 Å². The van der Waals surface area contributed by atoms with Crippen LogP contribution < -0.4 is 5.32 Å². The maximum Gasteiger partial charge on any atom is 0.123 e. The van der Waals surface area contributed by atoms with Gasteiger partial charge in [-0.3, -0.25) is 4.68 Å². The summed E-state index contributed by atoms with van der Waals surface area (Å²) in [6, 6.07) is 7.40. The van der Waals surface area contributed by atoms with E-state index in [4.69, 9.17) is 0 Å². The molecule has 1 aliphatic carbocycles. The van der Waals surface area contributed by atoms with Gasteiger partial charge in [0, 0.05) is 30.4 Å². The quantitative estimate of drug-likeness (QED) is 0.929. The third-order valence-corrected chi connectivity index (χ3v) is 4.44. The van der Waals surface area contributed by atoms with Crippen molar-refractivity contribution in [2.24, 2.45) is 7.05 Å². The van der Waals surface area contributed by atoms with Gasteiger partial charge in [-0.05, 0) is 43.4 Å². The first-order valence-electron chi connectivity index (χ1n) is 7.71. The SMILES string of the molecule is CCC(NC1CCCc2c1cnn2C)c1cccc(F)c1. The summed E-state index contributed by atoms with van der Waals surface area (Å²) < 4.78 is 15.4. The molecule has 112 valence electrons. The maximum atomic E-state index is 13.4. The number of rotatable bonds is 4. The Bertz CT molecular complexity index is 620. The van der Waals surface area contributed by atoms with E-state index >= 15 is 0 Å². The zero-order chi connectivity index (χ0) is 14.8. The van der Waals surface area contributed by atoms with Gasteiger partial charge in [-0.2, -0.15) is 5.10 Å². The summed E-state index contributed by atoms with van der Waals surface area (Å²) in [4.78, 5) is 0. The van der Waals surface area contributed by atoms with Crippen molar-refractivity contribution in [2.75, 3.05) is 0 Å². The minimum absolute atomic E-state index is 0.168. The molecule has 21 heavy (non-hydrogen) atoms. The van der Waals surface area contributed by atoms with Crippen LogP contribution in [0.15, 0.2) is 30.5 Å². The minimum atomic E-state index is -0.168. The monoisotopic (exact) mass is 287 g/mol. The third-order valence-electron chi connectivity index (χ3n) is 4.44. The third kappa shape index (κ3) is 2.86. The average Bonchev–Trinajstić information content (AvgIpc) is 2.87. The highest BCUT2D eigenvalue weighted by atomic mass is 19.1. The molecule has 3 rings (SSSR count). The second-order valence-corrected chi connectivity index (χ2v) is 5.80. The molecule has 2 unspecified atom stereocenters. The highest BCUT2D eigenvalue weighted by molar-refractivity contribution is 5.26. The van der Waals surface area contributed by atoms with Gasteiger partial charge in [-0.1, -0.05) is 19.1 Å². The van der Waals surface area contributed by atoms with E-state index in [0.717, 1.165) is 24.8 Å². The molecule has 1 aromatic heterocycles. The lowest BCUT2D eigenvalue weighted by atomic mass is 9.91. The summed E-state index contributed by atoms with van der Waals surface area (Å²) in [5.41, 5.74) is 3.65. The standard InChI is InChI=1S/C17H22FN3/c1-3-15(12-6-4-7-13(18)10-12)20-16-8-5-9-17-14(16)11-19-21(17)2/h4,6-7,10-11,15-16,20H,3,5,8-9H2,1-2H3. The van der Waals surface area contributed by atoms with Gasteiger partial charge in [0.1, 0.15) is 5.82 Å². The molecular weight excluding hydrogens is 265 g/mol. The summed E-state index contributed by atoms with van der Waals surface area (Å²) in [7, 11) is 2.01. The molecule has 1 N–H and O–H groups in total. The normalized spacial score (nSPS) is 19.3. The Labute approximate surface area is 125 Å². The first-order valence-corrected chi connectivity index (χ1v) is 7.71. The summed E-state index contributed by atoms with van der Waals surface area (Å²) in [5, 5.41) is 8.08. The van der Waals surface area contributed by atoms with Crippen LogP contribution >= 0.6 is 0 Å². The number of aryl methyl sites for hydroxylation is 1. The molecule has 0 aliphatic heterocycles. The number of aromatic nitrogens is 2. The fourth-order valence-corrected chi connectivity index (χ4v) is 3.30. The molecule has 0 fully saturated rings. The lowest BCUT2D eigenvalue weighted by molar-refractivity contribution is 0.389. The molecule has 3 nitrogen and oxygen atoms in total. The van der Waals surface area contributed by atoms with E-state index in [0.29, 0.717) is 6.04 Å². The van der Waals surface area contributed by atoms with E-state index in [9.17, 15) is 4.39 Å². The Morgan fingerprint density at radius 1 is 1.48 bits per heavy atom. The van der Waals surface area contributed by atoms with Crippen LogP contribution in [0.4, 0.5) is 4.39 Å². The summed E-state index contributed by atoms with van der Waals surface area (Å²) in [6.45, 7) is 2.13. The molecule has 4 heteroatoms. The van der Waals surface area contributed by atoms with Gasteiger partial charge in [0.15, 0.2) is 0 Å². The predicted molar refractivity (Wildman–Crippen MR) is 81.5 cm³/mol. The topological polar surface area (TPSA) is 29.9 Å². The molecule has 0 spiro atoms. The molecule has 0 bridgehead atoms. The predicted octanol–water partition coefficient (Wildman–Crippen LogP) is 3.68. The number of nitrogens with one attached hydrogen (secondary N) is 1. The fourth-order valence-electron chi connectivity index (χ4n) is 3.30. The van der Waals surface area contributed by atoms with Gasteiger partial charge in [-0.15, -0.1) is 0 Å². The summed E-state index contributed by atoms with van der Waals surface area (Å²) >= 11 is 0. The van der Waals surface area contributed by atoms with Gasteiger partial charge in [0.05, 0.1) is 6.20 Å². The molecule has 0 radical (unpaired) electrons. The number of halogens is 1. The number of fused-ring (bicyclic) bond motifs is 1. The van der Waals surface area contributed by atoms with Crippen molar-refractivity contribution in [1.82, 2.24) is 15.1 Å². The zero-order valence-electron chi connectivity index (χ0n) is 12.6. The van der Waals surface area contributed by atoms with Crippen LogP contribution in [0.1, 0.15) is 55.1 Å². The van der Waals surface area contributed by atoms with Gasteiger partial charge in [0.25, 0.3) is 0 Å². The van der Waals surface area contributed by atoms with Crippen molar-refractivity contribution in [3.05, 3.63) is 53.1 Å². The molecule has 0 amide bonds. The van der Waals surface area contributed by atoms with Crippen LogP contribution in [0.3, 0.4) is 0 Å². The Morgan fingerprint density at radius 2 is 2.33 bits per heavy atom. The molecule has 0 saturated heterocycles. The zero-order valence-corrected chi connectivity index (χ0v) is 12.6. The van der Waals surface area contributed by atoms with Crippen molar-refractivity contribution in [1.29, 1.82) is 0 Å². The second-order valence-electron chi connectivity index (χ2n) is 5.80. The van der Waals surface area contributed by atoms with Crippen molar-refractivity contribution < 1.29 is 4.39 Å². The first kappa shape index (κ1) is 14.3. The van der Waals surface area contributed by atoms with Crippen LogP contribution in [-0.2, 0) is 13.5 Å². The fraction of sp³-hybridized carbons (Fsp3) is 0.471. The van der Waals surface area contributed by atoms with Gasteiger partial charge in [-0.25, -0.2) is 4.39 Å². The number of benzene rings is 1. The lowest BCUT2D eigenvalue weighted by Gasteiger charge is -2.28. The first-order chi connectivity index (χ1) is 10.2. The van der Waals surface area contributed by atoms with E-state index in [1.807, 2.05) is 24.0 Å². The minimum Gasteiger partial charge on any atom is -0.303 e. The summed E-state index contributed by atoms with van der Waals surface area (Å²) in [5.74, 6) is -0.168. The number of nitrogens with zero attached hydrogens (tertiary/aromatic N) is 2. The summed E-state index contributed by atoms with van der Waals surface area (Å²) in [6.07, 6.45) is 6.30. The van der Waals surface area contributed by atoms with Crippen LogP contribution in [0.2, 0.25) is 0 Å². The maximum absolute atomic E-state index is 13.4. The molecule has 0 saturated carbocycles. The van der Waals surface area contributed by atoms with Crippen molar-refractivity contribution in [3.63, 3.8) is 0 Å². The van der Waals surface area contributed by atoms with Crippen LogP contribution in [-0.4, -0.2) is 9.78 Å². The molecular formula is C17H22FN3. The molecule has 2 atom stereocenters. The number of hydrogen-bond acceptors (Lipinski definition) is 2. The second kappa shape index (κ2) is 5.98. The van der Waals surface area contributed by atoms with Crippen molar-refractivity contribution in [3.8, 4) is 0 Å². The van der Waals surface area contributed by atoms with E-state index in [1.54, 1.807) is 12.1 Å². The van der Waals surface area contributed by atoms with E-state index in [2.05, 4.69) is 17.3 Å². The Hall–Kier alpha value is -1.68. The molecule has 1 aromatic carbocycles. The Morgan fingerprint density at radius 3 is 3.10 bits per heavy atom. The Kier molecular flexibility index (Phi) is 4.06. The van der Waals surface area contributed by atoms with E-state index < -0.39 is 0 Å². The van der Waals surface area contributed by atoms with Crippen molar-refractivity contribution >= 4 is 0 Å². The smallest absolute Gasteiger partial charge is 0.123 e. The van der Waals surface area contributed by atoms with Gasteiger partial charge < -0.3 is 5.32 Å². The van der Waals surface area contributed by atoms with Crippen LogP contribution in [0.25, 0.3) is 0 Å². The average molecular weight is 287 g/mol. The van der Waals surface area contributed by atoms with E-state index in [-0.39, 0.29) is 11.9 Å². The highest BCUT2D eigenvalue weighted by Crippen LogP contribution is 2.32. The molecule has 2 aromatic rings. The number of hydrogen-bond donors (Lipinski definition) is 1. The molecule has 1 heterocycles. The molecule has 1 aliphatic rings. The highest BCUT2D eigenvalue weighted by Gasteiger charge is 2.25. The van der Waals surface area contributed by atoms with Crippen LogP contribution in [0.5, 0.6) is 0 Å². The largest absolute Gasteiger partial charge is 0.303 e. The van der Waals surface area contributed by atoms with E-state index in [1.165, 1.54) is 23.7 Å². The lowest BCUT2D eigenvalue weighted by Crippen LogP contribution is -2.29. The van der Waals surface area contributed by atoms with Gasteiger partial charge >= 0.3 is 0 Å². The van der Waals surface area contributed by atoms with Crippen molar-refractivity contribution in [2.45, 2.75) is 44.7 Å². The van der Waals surface area contributed by atoms with Gasteiger partial charge in [0.2, 0.25) is 0 Å².